The molecule has 2 saturated heterocycles. The van der Waals surface area contributed by atoms with Gasteiger partial charge in [0, 0.05) is 64.6 Å². The Morgan fingerprint density at radius 3 is 2.50 bits per heavy atom. The predicted molar refractivity (Wildman–Crippen MR) is 104 cm³/mol. The van der Waals surface area contributed by atoms with Crippen LogP contribution in [0.15, 0.2) is 17.0 Å². The van der Waals surface area contributed by atoms with E-state index in [1.807, 2.05) is 24.2 Å². The normalized spacial score (nSPS) is 20.1. The van der Waals surface area contributed by atoms with E-state index in [1.54, 1.807) is 6.92 Å². The Kier molecular flexibility index (Phi) is 4.88. The minimum Gasteiger partial charge on any atom is -0.343 e. The van der Waals surface area contributed by atoms with Gasteiger partial charge in [-0.2, -0.15) is 0 Å². The maximum absolute atomic E-state index is 11.5. The number of piperidine rings is 1. The quantitative estimate of drug-likeness (QED) is 0.742. The second-order valence-corrected chi connectivity index (χ2v) is 7.95. The van der Waals surface area contributed by atoms with Crippen molar-refractivity contribution in [1.29, 1.82) is 0 Å². The number of fused-ring (bicyclic) bond motifs is 1. The summed E-state index contributed by atoms with van der Waals surface area (Å²) in [5, 5.41) is 0. The van der Waals surface area contributed by atoms with Gasteiger partial charge in [-0.25, -0.2) is 4.98 Å². The van der Waals surface area contributed by atoms with Crippen LogP contribution in [0.5, 0.6) is 0 Å². The van der Waals surface area contributed by atoms with Crippen LogP contribution >= 0.6 is 15.9 Å². The van der Waals surface area contributed by atoms with E-state index in [2.05, 4.69) is 35.1 Å². The van der Waals surface area contributed by atoms with Crippen LogP contribution in [0.4, 0.5) is 5.95 Å². The van der Waals surface area contributed by atoms with E-state index in [0.29, 0.717) is 6.04 Å². The number of anilines is 1. The number of aryl methyl sites for hydroxylation is 1. The number of halogens is 1. The summed E-state index contributed by atoms with van der Waals surface area (Å²) in [5.41, 5.74) is 2.02. The minimum atomic E-state index is 0.204. The van der Waals surface area contributed by atoms with Crippen LogP contribution in [0.1, 0.15) is 25.5 Å². The lowest BCUT2D eigenvalue weighted by Gasteiger charge is -2.42. The lowest BCUT2D eigenvalue weighted by atomic mass is 10.0. The summed E-state index contributed by atoms with van der Waals surface area (Å²) in [6.07, 6.45) is 5.99. The zero-order chi connectivity index (χ0) is 18.3. The van der Waals surface area contributed by atoms with Crippen LogP contribution in [0.2, 0.25) is 0 Å². The molecule has 0 N–H and O–H groups in total. The molecular formula is C18H25BrN6O. The van der Waals surface area contributed by atoms with E-state index >= 15 is 0 Å². The summed E-state index contributed by atoms with van der Waals surface area (Å²) in [7, 11) is 0. The fourth-order valence-corrected chi connectivity index (χ4v) is 4.82. The molecule has 0 saturated carbocycles. The number of amides is 1. The fourth-order valence-electron chi connectivity index (χ4n) is 4.19. The Morgan fingerprint density at radius 2 is 1.85 bits per heavy atom. The molecule has 0 unspecified atom stereocenters. The van der Waals surface area contributed by atoms with Gasteiger partial charge in [0.15, 0.2) is 0 Å². The van der Waals surface area contributed by atoms with Crippen molar-refractivity contribution in [1.82, 2.24) is 24.2 Å². The third kappa shape index (κ3) is 3.20. The molecule has 2 aromatic heterocycles. The Morgan fingerprint density at radius 1 is 1.15 bits per heavy atom. The maximum Gasteiger partial charge on any atom is 0.219 e. The van der Waals surface area contributed by atoms with Gasteiger partial charge in [-0.3, -0.25) is 19.1 Å². The van der Waals surface area contributed by atoms with Gasteiger partial charge in [-0.15, -0.1) is 0 Å². The van der Waals surface area contributed by atoms with E-state index in [9.17, 15) is 4.79 Å². The molecule has 0 atom stereocenters. The average Bonchev–Trinajstić information content (AvgIpc) is 3.00. The van der Waals surface area contributed by atoms with Gasteiger partial charge in [-0.05, 0) is 35.7 Å². The molecule has 4 rings (SSSR count). The molecule has 7 nitrogen and oxygen atoms in total. The molecule has 0 radical (unpaired) electrons. The third-order valence-corrected chi connectivity index (χ3v) is 6.25. The SMILES string of the molecule is CC(=O)N1CCC(N2CCN(c3nc(Br)c4c(C)nccn34)CC2)CC1. The van der Waals surface area contributed by atoms with E-state index in [0.717, 1.165) is 73.9 Å². The van der Waals surface area contributed by atoms with Crippen molar-refractivity contribution >= 4 is 33.3 Å². The molecular weight excluding hydrogens is 396 g/mol. The molecule has 8 heteroatoms. The summed E-state index contributed by atoms with van der Waals surface area (Å²) < 4.78 is 2.99. The first-order valence-electron chi connectivity index (χ1n) is 9.28. The maximum atomic E-state index is 11.5. The highest BCUT2D eigenvalue weighted by molar-refractivity contribution is 9.10. The number of imidazole rings is 1. The second-order valence-electron chi connectivity index (χ2n) is 7.19. The van der Waals surface area contributed by atoms with Crippen molar-refractivity contribution in [2.24, 2.45) is 0 Å². The molecule has 2 fully saturated rings. The summed E-state index contributed by atoms with van der Waals surface area (Å²) in [6.45, 7) is 9.50. The first kappa shape index (κ1) is 17.7. The minimum absolute atomic E-state index is 0.204. The van der Waals surface area contributed by atoms with Crippen LogP contribution < -0.4 is 4.90 Å². The predicted octanol–water partition coefficient (Wildman–Crippen LogP) is 1.93. The van der Waals surface area contributed by atoms with Crippen molar-refractivity contribution in [3.8, 4) is 0 Å². The van der Waals surface area contributed by atoms with Gasteiger partial charge in [0.25, 0.3) is 0 Å². The first-order valence-corrected chi connectivity index (χ1v) is 10.1. The van der Waals surface area contributed by atoms with Crippen molar-refractivity contribution < 1.29 is 4.79 Å². The van der Waals surface area contributed by atoms with Crippen molar-refractivity contribution in [2.45, 2.75) is 32.7 Å². The van der Waals surface area contributed by atoms with E-state index < -0.39 is 0 Å². The molecule has 2 aliphatic heterocycles. The van der Waals surface area contributed by atoms with Crippen molar-refractivity contribution in [2.75, 3.05) is 44.2 Å². The summed E-state index contributed by atoms with van der Waals surface area (Å²) in [6, 6.07) is 0.600. The average molecular weight is 421 g/mol. The van der Waals surface area contributed by atoms with Crippen LogP contribution in [0.3, 0.4) is 0 Å². The van der Waals surface area contributed by atoms with Gasteiger partial charge in [0.05, 0.1) is 5.69 Å². The summed E-state index contributed by atoms with van der Waals surface area (Å²) >= 11 is 3.59. The lowest BCUT2D eigenvalue weighted by molar-refractivity contribution is -0.130. The molecule has 0 aliphatic carbocycles. The van der Waals surface area contributed by atoms with E-state index in [1.165, 1.54) is 0 Å². The summed E-state index contributed by atoms with van der Waals surface area (Å²) in [4.78, 5) is 27.5. The van der Waals surface area contributed by atoms with E-state index in [4.69, 9.17) is 4.98 Å². The molecule has 2 aliphatic rings. The van der Waals surface area contributed by atoms with Gasteiger partial charge < -0.3 is 9.80 Å². The van der Waals surface area contributed by atoms with Crippen LogP contribution in [0, 0.1) is 6.92 Å². The topological polar surface area (TPSA) is 57.0 Å². The Hall–Kier alpha value is -1.67. The Labute approximate surface area is 162 Å². The van der Waals surface area contributed by atoms with Crippen LogP contribution in [-0.4, -0.2) is 75.4 Å². The second kappa shape index (κ2) is 7.15. The number of hydrogen-bond donors (Lipinski definition) is 0. The molecule has 0 aromatic carbocycles. The molecule has 0 spiro atoms. The standard InChI is InChI=1S/C18H25BrN6O/c1-13-16-17(19)21-18(25(16)8-5-20-13)24-11-9-23(10-12-24)15-3-6-22(7-4-15)14(2)26/h5,8,15H,3-4,6-7,9-12H2,1-2H3. The Balaban J connectivity index is 1.42. The van der Waals surface area contributed by atoms with Crippen molar-refractivity contribution in [3.63, 3.8) is 0 Å². The van der Waals surface area contributed by atoms with Gasteiger partial charge in [0.2, 0.25) is 11.9 Å². The fraction of sp³-hybridized carbons (Fsp3) is 0.611. The highest BCUT2D eigenvalue weighted by Crippen LogP contribution is 2.27. The van der Waals surface area contributed by atoms with Gasteiger partial charge >= 0.3 is 0 Å². The summed E-state index contributed by atoms with van der Waals surface area (Å²) in [5.74, 6) is 1.19. The number of rotatable bonds is 2. The van der Waals surface area contributed by atoms with Crippen LogP contribution in [-0.2, 0) is 4.79 Å². The van der Waals surface area contributed by atoms with Crippen molar-refractivity contribution in [3.05, 3.63) is 22.7 Å². The largest absolute Gasteiger partial charge is 0.343 e. The molecule has 140 valence electrons. The van der Waals surface area contributed by atoms with E-state index in [-0.39, 0.29) is 5.91 Å². The third-order valence-electron chi connectivity index (χ3n) is 5.70. The molecule has 26 heavy (non-hydrogen) atoms. The number of piperazine rings is 1. The molecule has 4 heterocycles. The number of likely N-dealkylation sites (tertiary alicyclic amines) is 1. The smallest absolute Gasteiger partial charge is 0.219 e. The molecule has 0 bridgehead atoms. The Bertz CT molecular complexity index is 805. The highest BCUT2D eigenvalue weighted by atomic mass is 79.9. The molecule has 2 aromatic rings. The zero-order valence-corrected chi connectivity index (χ0v) is 16.9. The highest BCUT2D eigenvalue weighted by Gasteiger charge is 2.29. The number of hydrogen-bond acceptors (Lipinski definition) is 5. The number of carbonyl (C=O) groups is 1. The zero-order valence-electron chi connectivity index (χ0n) is 15.4. The number of nitrogens with zero attached hydrogens (tertiary/aromatic N) is 6. The van der Waals surface area contributed by atoms with Gasteiger partial charge in [-0.1, -0.05) is 0 Å². The lowest BCUT2D eigenvalue weighted by Crippen LogP contribution is -2.54. The van der Waals surface area contributed by atoms with Gasteiger partial charge in [0.1, 0.15) is 10.1 Å². The number of carbonyl (C=O) groups excluding carboxylic acids is 1. The first-order chi connectivity index (χ1) is 12.5. The number of aromatic nitrogens is 3. The monoisotopic (exact) mass is 420 g/mol. The molecule has 1 amide bonds. The van der Waals surface area contributed by atoms with Crippen LogP contribution in [0.25, 0.3) is 5.52 Å².